The summed E-state index contributed by atoms with van der Waals surface area (Å²) in [5.41, 5.74) is 0.622. The van der Waals surface area contributed by atoms with E-state index < -0.39 is 0 Å². The van der Waals surface area contributed by atoms with E-state index in [9.17, 15) is 9.59 Å². The molecule has 0 aromatic heterocycles. The van der Waals surface area contributed by atoms with Crippen LogP contribution in [0.1, 0.15) is 26.2 Å². The lowest BCUT2D eigenvalue weighted by molar-refractivity contribution is -0.121. The zero-order valence-corrected chi connectivity index (χ0v) is 15.6. The van der Waals surface area contributed by atoms with Gasteiger partial charge in [0, 0.05) is 43.8 Å². The molecular formula is C19H28N4O3. The average Bonchev–Trinajstić information content (AvgIpc) is 2.82. The van der Waals surface area contributed by atoms with Crippen LogP contribution in [0, 0.1) is 0 Å². The summed E-state index contributed by atoms with van der Waals surface area (Å²) >= 11 is 0. The molecule has 0 unspecified atom stereocenters. The maximum absolute atomic E-state index is 12.7. The van der Waals surface area contributed by atoms with Gasteiger partial charge in [-0.15, -0.1) is 0 Å². The van der Waals surface area contributed by atoms with E-state index in [2.05, 4.69) is 22.6 Å². The van der Waals surface area contributed by atoms with E-state index in [0.29, 0.717) is 32.7 Å². The van der Waals surface area contributed by atoms with E-state index in [4.69, 9.17) is 4.74 Å². The predicted molar refractivity (Wildman–Crippen MR) is 100 cm³/mol. The van der Waals surface area contributed by atoms with Crippen LogP contribution < -0.4 is 15.4 Å². The van der Waals surface area contributed by atoms with Crippen LogP contribution in [-0.2, 0) is 4.79 Å². The molecule has 142 valence electrons. The molecule has 1 spiro atoms. The third-order valence-electron chi connectivity index (χ3n) is 5.43. The molecule has 3 rings (SSSR count). The number of piperazine rings is 1. The summed E-state index contributed by atoms with van der Waals surface area (Å²) in [6.45, 7) is 5.36. The second kappa shape index (κ2) is 7.95. The van der Waals surface area contributed by atoms with Crippen molar-refractivity contribution in [3.05, 3.63) is 24.3 Å². The van der Waals surface area contributed by atoms with Gasteiger partial charge in [0.1, 0.15) is 5.75 Å². The molecule has 0 bridgehead atoms. The summed E-state index contributed by atoms with van der Waals surface area (Å²) in [4.78, 5) is 28.6. The van der Waals surface area contributed by atoms with Gasteiger partial charge >= 0.3 is 6.03 Å². The minimum atomic E-state index is -0.131. The minimum absolute atomic E-state index is 0.0924. The molecule has 1 atom stereocenters. The molecule has 7 heteroatoms. The van der Waals surface area contributed by atoms with Crippen LogP contribution in [-0.4, -0.2) is 67.1 Å². The number of urea groups is 1. The highest BCUT2D eigenvalue weighted by atomic mass is 16.5. The largest absolute Gasteiger partial charge is 0.494 e. The number of nitrogens with one attached hydrogen (secondary N) is 2. The van der Waals surface area contributed by atoms with Crippen molar-refractivity contribution in [1.82, 2.24) is 15.1 Å². The molecular weight excluding hydrogens is 332 g/mol. The summed E-state index contributed by atoms with van der Waals surface area (Å²) in [7, 11) is 2.09. The van der Waals surface area contributed by atoms with Crippen LogP contribution in [0.2, 0.25) is 0 Å². The summed E-state index contributed by atoms with van der Waals surface area (Å²) < 4.78 is 5.43. The number of benzene rings is 1. The number of carbonyl (C=O) groups excluding carboxylic acids is 2. The number of ether oxygens (including phenoxy) is 1. The van der Waals surface area contributed by atoms with E-state index in [1.54, 1.807) is 0 Å². The molecule has 0 aliphatic carbocycles. The van der Waals surface area contributed by atoms with Gasteiger partial charge in [0.15, 0.2) is 0 Å². The third kappa shape index (κ3) is 4.09. The Labute approximate surface area is 154 Å². The van der Waals surface area contributed by atoms with Gasteiger partial charge in [-0.1, -0.05) is 0 Å². The number of rotatable bonds is 3. The first-order chi connectivity index (χ1) is 12.5. The van der Waals surface area contributed by atoms with Gasteiger partial charge in [0.2, 0.25) is 5.91 Å². The van der Waals surface area contributed by atoms with Crippen molar-refractivity contribution in [2.75, 3.05) is 45.2 Å². The van der Waals surface area contributed by atoms with Crippen molar-refractivity contribution in [1.29, 1.82) is 0 Å². The molecule has 2 aliphatic rings. The molecule has 1 aromatic carbocycles. The summed E-state index contributed by atoms with van der Waals surface area (Å²) in [5, 5.41) is 5.91. The number of carbonyl (C=O) groups is 2. The minimum Gasteiger partial charge on any atom is -0.494 e. The monoisotopic (exact) mass is 360 g/mol. The number of amides is 3. The van der Waals surface area contributed by atoms with E-state index in [0.717, 1.165) is 30.8 Å². The van der Waals surface area contributed by atoms with E-state index in [-0.39, 0.29) is 17.5 Å². The zero-order valence-electron chi connectivity index (χ0n) is 15.6. The lowest BCUT2D eigenvalue weighted by atomic mass is 9.86. The first-order valence-electron chi connectivity index (χ1n) is 9.29. The average molecular weight is 360 g/mol. The van der Waals surface area contributed by atoms with Crippen LogP contribution in [0.4, 0.5) is 10.5 Å². The Balaban J connectivity index is 1.64. The number of nitrogens with zero attached hydrogens (tertiary/aromatic N) is 2. The number of hydrogen-bond acceptors (Lipinski definition) is 4. The van der Waals surface area contributed by atoms with Crippen LogP contribution in [0.15, 0.2) is 24.3 Å². The fourth-order valence-corrected chi connectivity index (χ4v) is 3.77. The Morgan fingerprint density at radius 2 is 2.04 bits per heavy atom. The lowest BCUT2D eigenvalue weighted by Crippen LogP contribution is -2.62. The Morgan fingerprint density at radius 3 is 2.77 bits per heavy atom. The molecule has 2 heterocycles. The summed E-state index contributed by atoms with van der Waals surface area (Å²) in [5.74, 6) is 0.894. The normalized spacial score (nSPS) is 24.1. The zero-order chi connectivity index (χ0) is 18.6. The maximum Gasteiger partial charge on any atom is 0.321 e. The van der Waals surface area contributed by atoms with Crippen LogP contribution in [0.5, 0.6) is 5.75 Å². The van der Waals surface area contributed by atoms with Gasteiger partial charge in [-0.3, -0.25) is 9.69 Å². The van der Waals surface area contributed by atoms with Crippen molar-refractivity contribution in [2.45, 2.75) is 31.7 Å². The van der Waals surface area contributed by atoms with Gasteiger partial charge in [-0.2, -0.15) is 0 Å². The maximum atomic E-state index is 12.7. The van der Waals surface area contributed by atoms with Crippen molar-refractivity contribution >= 4 is 17.6 Å². The van der Waals surface area contributed by atoms with Gasteiger partial charge in [0.05, 0.1) is 6.61 Å². The lowest BCUT2D eigenvalue weighted by Gasteiger charge is -2.49. The van der Waals surface area contributed by atoms with Gasteiger partial charge in [-0.05, 0) is 51.1 Å². The summed E-state index contributed by atoms with van der Waals surface area (Å²) in [6, 6.07) is 7.32. The van der Waals surface area contributed by atoms with Crippen LogP contribution >= 0.6 is 0 Å². The van der Waals surface area contributed by atoms with Crippen molar-refractivity contribution in [2.24, 2.45) is 0 Å². The fourth-order valence-electron chi connectivity index (χ4n) is 3.77. The second-order valence-electron chi connectivity index (χ2n) is 7.05. The Bertz CT molecular complexity index is 649. The van der Waals surface area contributed by atoms with Crippen molar-refractivity contribution in [3.8, 4) is 5.75 Å². The molecule has 7 nitrogen and oxygen atoms in total. The Morgan fingerprint density at radius 1 is 1.27 bits per heavy atom. The quantitative estimate of drug-likeness (QED) is 0.863. The molecule has 26 heavy (non-hydrogen) atoms. The number of likely N-dealkylation sites (N-methyl/N-ethyl adjacent to an activating group) is 1. The molecule has 0 radical (unpaired) electrons. The first-order valence-corrected chi connectivity index (χ1v) is 9.29. The highest BCUT2D eigenvalue weighted by Gasteiger charge is 2.42. The topological polar surface area (TPSA) is 73.9 Å². The number of hydrogen-bond donors (Lipinski definition) is 2. The Hall–Kier alpha value is -2.28. The number of anilines is 1. The summed E-state index contributed by atoms with van der Waals surface area (Å²) in [6.07, 6.45) is 2.16. The first kappa shape index (κ1) is 18.5. The van der Waals surface area contributed by atoms with Crippen molar-refractivity contribution in [3.63, 3.8) is 0 Å². The third-order valence-corrected chi connectivity index (χ3v) is 5.43. The molecule has 1 aromatic rings. The van der Waals surface area contributed by atoms with Crippen LogP contribution in [0.25, 0.3) is 0 Å². The smallest absolute Gasteiger partial charge is 0.321 e. The van der Waals surface area contributed by atoms with E-state index in [1.807, 2.05) is 36.1 Å². The van der Waals surface area contributed by atoms with Crippen LogP contribution in [0.3, 0.4) is 0 Å². The second-order valence-corrected chi connectivity index (χ2v) is 7.05. The van der Waals surface area contributed by atoms with Crippen molar-refractivity contribution < 1.29 is 14.3 Å². The molecule has 2 saturated heterocycles. The van der Waals surface area contributed by atoms with Gasteiger partial charge in [0.25, 0.3) is 0 Å². The van der Waals surface area contributed by atoms with Gasteiger partial charge < -0.3 is 20.3 Å². The highest BCUT2D eigenvalue weighted by Crippen LogP contribution is 2.30. The van der Waals surface area contributed by atoms with Gasteiger partial charge in [-0.25, -0.2) is 4.79 Å². The molecule has 2 fully saturated rings. The molecule has 0 saturated carbocycles. The van der Waals surface area contributed by atoms with E-state index >= 15 is 0 Å². The SMILES string of the molecule is CCOc1ccc(NC(=O)N2CCN(C)[C@]3(CCNC(=O)CC3)C2)cc1. The molecule has 2 aliphatic heterocycles. The van der Waals surface area contributed by atoms with E-state index in [1.165, 1.54) is 0 Å². The highest BCUT2D eigenvalue weighted by molar-refractivity contribution is 5.89. The predicted octanol–water partition coefficient (Wildman–Crippen LogP) is 1.90. The standard InChI is InChI=1S/C19H28N4O3/c1-3-26-16-6-4-15(5-7-16)21-18(25)23-13-12-22(2)19(14-23)9-8-17(24)20-11-10-19/h4-7H,3,8-14H2,1-2H3,(H,20,24)(H,21,25)/t19-/m1/s1. The molecule has 3 amide bonds. The Kier molecular flexibility index (Phi) is 5.66. The fraction of sp³-hybridized carbons (Fsp3) is 0.579. The molecule has 2 N–H and O–H groups in total.